The smallest absolute Gasteiger partial charge is 0.105 e. The molecule has 5 aromatic carbocycles. The van der Waals surface area contributed by atoms with E-state index in [0.29, 0.717) is 0 Å². The third kappa shape index (κ3) is 3.70. The van der Waals surface area contributed by atoms with Crippen molar-refractivity contribution in [3.8, 4) is 44.8 Å². The van der Waals surface area contributed by atoms with Crippen LogP contribution in [0.3, 0.4) is 0 Å². The molecule has 0 spiro atoms. The van der Waals surface area contributed by atoms with E-state index in [1.54, 1.807) is 0 Å². The Morgan fingerprint density at radius 3 is 1.59 bits per heavy atom. The molecule has 0 N–H and O–H groups in total. The Kier molecular flexibility index (Phi) is 5.30. The number of hydrogen-bond donors (Lipinski definition) is 0. The Balaban J connectivity index is 1.70. The van der Waals surface area contributed by atoms with Crippen LogP contribution in [0.2, 0.25) is 0 Å². The number of fused-ring (bicyclic) bond motifs is 3. The Morgan fingerprint density at radius 2 is 0.973 bits per heavy atom. The first-order valence-electron chi connectivity index (χ1n) is 12.2. The Morgan fingerprint density at radius 1 is 0.432 bits per heavy atom. The maximum atomic E-state index is 4.66. The van der Waals surface area contributed by atoms with E-state index in [-0.39, 0.29) is 0 Å². The van der Waals surface area contributed by atoms with E-state index in [9.17, 15) is 0 Å². The molecule has 0 saturated heterocycles. The van der Waals surface area contributed by atoms with Crippen molar-refractivity contribution in [1.29, 1.82) is 0 Å². The average molecular weight is 492 g/mol. The molecule has 0 bridgehead atoms. The van der Waals surface area contributed by atoms with Crippen LogP contribution in [0.1, 0.15) is 0 Å². The summed E-state index contributed by atoms with van der Waals surface area (Å²) in [5, 5.41) is 16.0. The predicted octanol–water partition coefficient (Wildman–Crippen LogP) is 8.91. The minimum absolute atomic E-state index is 0.828. The topological polar surface area (TPSA) is 38.7 Å². The van der Waals surface area contributed by atoms with E-state index in [0.717, 1.165) is 44.8 Å². The number of hydrogen-bond acceptors (Lipinski definition) is 4. The molecule has 0 atom stereocenters. The molecule has 0 saturated carbocycles. The van der Waals surface area contributed by atoms with Gasteiger partial charge in [-0.3, -0.25) is 0 Å². The summed E-state index contributed by atoms with van der Waals surface area (Å²) in [6.45, 7) is 0. The second-order valence-electron chi connectivity index (χ2n) is 8.92. The molecule has 0 aliphatic carbocycles. The summed E-state index contributed by atoms with van der Waals surface area (Å²) in [5.74, 6) is 0. The van der Waals surface area contributed by atoms with Gasteiger partial charge in [-0.2, -0.15) is 0 Å². The zero-order chi connectivity index (χ0) is 24.6. The molecule has 174 valence electrons. The third-order valence-corrected chi connectivity index (χ3v) is 7.87. The summed E-state index contributed by atoms with van der Waals surface area (Å²) in [6.07, 6.45) is 0. The first-order valence-corrected chi connectivity index (χ1v) is 13.0. The molecule has 0 amide bonds. The molecule has 4 heteroatoms. The van der Waals surface area contributed by atoms with Crippen molar-refractivity contribution in [2.45, 2.75) is 0 Å². The molecular formula is C33H21N3S. The molecule has 2 aromatic heterocycles. The lowest BCUT2D eigenvalue weighted by atomic mass is 9.86. The lowest BCUT2D eigenvalue weighted by Crippen LogP contribution is -2.01. The first-order chi connectivity index (χ1) is 18.4. The number of thiophene rings is 1. The van der Waals surface area contributed by atoms with Crippen LogP contribution in [-0.2, 0) is 0 Å². The number of aromatic nitrogens is 3. The standard InChI is InChI=1S/C33H21N3S/c1-4-12-22(13-5-1)25-20-21-28-29(26-18-10-11-19-27(26)37-28)30(25)31-32(23-14-6-2-7-15-23)34-36-35-33(31)24-16-8-3-9-17-24/h1-21H. The van der Waals surface area contributed by atoms with Crippen molar-refractivity contribution in [2.24, 2.45) is 0 Å². The Hall–Kier alpha value is -4.67. The predicted molar refractivity (Wildman–Crippen MR) is 154 cm³/mol. The zero-order valence-electron chi connectivity index (χ0n) is 19.9. The van der Waals surface area contributed by atoms with Gasteiger partial charge in [0.2, 0.25) is 0 Å². The van der Waals surface area contributed by atoms with Gasteiger partial charge in [0.25, 0.3) is 0 Å². The summed E-state index contributed by atoms with van der Waals surface area (Å²) in [4.78, 5) is 0. The van der Waals surface area contributed by atoms with Crippen molar-refractivity contribution in [3.05, 3.63) is 127 Å². The SMILES string of the molecule is c1ccc(-c2ccc3sc4ccccc4c3c2-c2c(-c3ccccc3)nnnc2-c2ccccc2)cc1. The van der Waals surface area contributed by atoms with Crippen molar-refractivity contribution in [3.63, 3.8) is 0 Å². The lowest BCUT2D eigenvalue weighted by Gasteiger charge is -2.18. The van der Waals surface area contributed by atoms with E-state index >= 15 is 0 Å². The van der Waals surface area contributed by atoms with Crippen molar-refractivity contribution >= 4 is 31.5 Å². The molecule has 0 aliphatic rings. The fraction of sp³-hybridized carbons (Fsp3) is 0. The van der Waals surface area contributed by atoms with E-state index in [1.165, 1.54) is 20.2 Å². The summed E-state index contributed by atoms with van der Waals surface area (Å²) in [5.41, 5.74) is 8.14. The molecule has 0 fully saturated rings. The Bertz CT molecular complexity index is 1800. The van der Waals surface area contributed by atoms with Crippen molar-refractivity contribution < 1.29 is 0 Å². The maximum absolute atomic E-state index is 4.66. The molecule has 2 heterocycles. The van der Waals surface area contributed by atoms with Gasteiger partial charge in [0.15, 0.2) is 0 Å². The van der Waals surface area contributed by atoms with Crippen molar-refractivity contribution in [2.75, 3.05) is 0 Å². The molecule has 0 radical (unpaired) electrons. The number of nitrogens with zero attached hydrogens (tertiary/aromatic N) is 3. The van der Waals surface area contributed by atoms with E-state index in [4.69, 9.17) is 0 Å². The summed E-state index contributed by atoms with van der Waals surface area (Å²) in [7, 11) is 0. The molecule has 7 rings (SSSR count). The van der Waals surface area contributed by atoms with Gasteiger partial charge in [-0.25, -0.2) is 0 Å². The van der Waals surface area contributed by atoms with Gasteiger partial charge in [-0.15, -0.1) is 21.5 Å². The minimum atomic E-state index is 0.828. The monoisotopic (exact) mass is 491 g/mol. The lowest BCUT2D eigenvalue weighted by molar-refractivity contribution is 0.879. The summed E-state index contributed by atoms with van der Waals surface area (Å²) < 4.78 is 2.51. The van der Waals surface area contributed by atoms with Gasteiger partial charge in [-0.05, 0) is 28.5 Å². The second-order valence-corrected chi connectivity index (χ2v) is 10.0. The molecule has 0 unspecified atom stereocenters. The zero-order valence-corrected chi connectivity index (χ0v) is 20.7. The summed E-state index contributed by atoms with van der Waals surface area (Å²) in [6, 6.07) is 44.3. The minimum Gasteiger partial charge on any atom is -0.135 e. The van der Waals surface area contributed by atoms with Crippen LogP contribution in [0.4, 0.5) is 0 Å². The van der Waals surface area contributed by atoms with Crippen LogP contribution in [0.5, 0.6) is 0 Å². The second kappa shape index (κ2) is 9.08. The highest BCUT2D eigenvalue weighted by molar-refractivity contribution is 7.26. The van der Waals surface area contributed by atoms with Gasteiger partial charge in [-0.1, -0.05) is 115 Å². The quantitative estimate of drug-likeness (QED) is 0.247. The fourth-order valence-corrected chi connectivity index (χ4v) is 6.21. The maximum Gasteiger partial charge on any atom is 0.105 e. The highest BCUT2D eigenvalue weighted by atomic mass is 32.1. The molecule has 7 aromatic rings. The fourth-order valence-electron chi connectivity index (χ4n) is 5.09. The van der Waals surface area contributed by atoms with E-state index in [1.807, 2.05) is 47.7 Å². The van der Waals surface area contributed by atoms with Crippen LogP contribution in [0, 0.1) is 0 Å². The normalized spacial score (nSPS) is 11.2. The van der Waals surface area contributed by atoms with Gasteiger partial charge in [0.05, 0.1) is 0 Å². The van der Waals surface area contributed by atoms with Crippen LogP contribution >= 0.6 is 11.3 Å². The number of rotatable bonds is 4. The van der Waals surface area contributed by atoms with E-state index in [2.05, 4.69) is 106 Å². The molecule has 3 nitrogen and oxygen atoms in total. The van der Waals surface area contributed by atoms with Gasteiger partial charge >= 0.3 is 0 Å². The molecule has 0 aliphatic heterocycles. The van der Waals surface area contributed by atoms with Crippen LogP contribution in [0.25, 0.3) is 64.9 Å². The van der Waals surface area contributed by atoms with Crippen LogP contribution < -0.4 is 0 Å². The molecular weight excluding hydrogens is 470 g/mol. The van der Waals surface area contributed by atoms with Gasteiger partial charge < -0.3 is 0 Å². The number of benzene rings is 5. The van der Waals surface area contributed by atoms with E-state index < -0.39 is 0 Å². The van der Waals surface area contributed by atoms with Crippen LogP contribution in [-0.4, -0.2) is 15.4 Å². The average Bonchev–Trinajstić information content (AvgIpc) is 3.36. The van der Waals surface area contributed by atoms with Crippen LogP contribution in [0.15, 0.2) is 127 Å². The highest BCUT2D eigenvalue weighted by Crippen LogP contribution is 2.49. The van der Waals surface area contributed by atoms with Gasteiger partial charge in [0, 0.05) is 42.4 Å². The van der Waals surface area contributed by atoms with Gasteiger partial charge in [0.1, 0.15) is 11.4 Å². The largest absolute Gasteiger partial charge is 0.135 e. The highest BCUT2D eigenvalue weighted by Gasteiger charge is 2.24. The molecule has 37 heavy (non-hydrogen) atoms. The first kappa shape index (κ1) is 21.6. The van der Waals surface area contributed by atoms with Crippen molar-refractivity contribution in [1.82, 2.24) is 15.4 Å². The Labute approximate surface area is 218 Å². The third-order valence-electron chi connectivity index (χ3n) is 6.74. The summed E-state index contributed by atoms with van der Waals surface area (Å²) >= 11 is 1.82.